The molecule has 0 fully saturated rings. The molecule has 0 amide bonds. The Kier molecular flexibility index (Phi) is 306. The first-order valence-electron chi connectivity index (χ1n) is 0. The van der Waals surface area contributed by atoms with Gasteiger partial charge in [-0.05, 0) is 0 Å². The van der Waals surface area contributed by atoms with Crippen LogP contribution in [0.1, 0.15) is 0 Å². The van der Waals surface area contributed by atoms with Crippen LogP contribution >= 0.6 is 0 Å². The summed E-state index contributed by atoms with van der Waals surface area (Å²) in [5, 5.41) is 0. The van der Waals surface area contributed by atoms with E-state index in [1.54, 1.807) is 0 Å². The van der Waals surface area contributed by atoms with Crippen molar-refractivity contribution >= 4 is 23.9 Å². The van der Waals surface area contributed by atoms with Crippen LogP contribution in [0.15, 0.2) is 0 Å². The predicted octanol–water partition coefficient (Wildman–Crippen LogP) is -0.929. The van der Waals surface area contributed by atoms with E-state index < -0.39 is 0 Å². The van der Waals surface area contributed by atoms with Crippen LogP contribution in [0.2, 0.25) is 0 Å². The first-order chi connectivity index (χ1) is 0. The van der Waals surface area contributed by atoms with E-state index in [1.807, 2.05) is 0 Å². The molecule has 6 heteroatoms. The molecular weight excluding hydrogens is 744 g/mol. The van der Waals surface area contributed by atoms with Crippen molar-refractivity contribution in [2.75, 3.05) is 0 Å². The Balaban J connectivity index is 0. The second-order valence-electron chi connectivity index (χ2n) is 0. The third-order valence-electron chi connectivity index (χ3n) is 0. The molecule has 0 heterocycles. The predicted molar refractivity (Wildman–Crippen MR) is 8.54 cm³/mol. The monoisotopic (exact) mass is 751 g/mol. The van der Waals surface area contributed by atoms with E-state index in [2.05, 4.69) is 0 Å². The zero-order valence-electron chi connectivity index (χ0n) is 2.62. The molecule has 0 saturated heterocycles. The van der Waals surface area contributed by atoms with Crippen molar-refractivity contribution < 1.29 is 99.1 Å². The molecule has 41 valence electrons. The third kappa shape index (κ3) is 24.5. The fraction of sp³-hybridized carbons (Fsp3) is 0. The van der Waals surface area contributed by atoms with Crippen LogP contribution in [0.25, 0.3) is 0 Å². The van der Waals surface area contributed by atoms with Crippen LogP contribution in [-0.4, -0.2) is 23.9 Å². The van der Waals surface area contributed by atoms with Gasteiger partial charge >= 0.3 is 23.9 Å². The van der Waals surface area contributed by atoms with E-state index >= 15 is 0 Å². The quantitative estimate of drug-likeness (QED) is 0.282. The maximum atomic E-state index is 0. The Hall–Kier alpha value is 3.98. The largest absolute Gasteiger partial charge is 0 e. The van der Waals surface area contributed by atoms with Crippen LogP contribution in [0.5, 0.6) is 0 Å². The molecule has 0 saturated carbocycles. The average Bonchev–Trinajstić information content (AvgIpc) is 0. The molecule has 0 bridgehead atoms. The van der Waals surface area contributed by atoms with Crippen molar-refractivity contribution in [2.24, 2.45) is 0 Å². The molecule has 0 aliphatic heterocycles. The molecule has 0 N–H and O–H groups in total. The van der Waals surface area contributed by atoms with Crippen molar-refractivity contribution in [1.29, 1.82) is 0 Å². The molecule has 0 unspecified atom stereocenters. The van der Waals surface area contributed by atoms with Crippen molar-refractivity contribution in [1.82, 2.24) is 0 Å². The first-order valence-corrected chi connectivity index (χ1v) is 0. The Morgan fingerprint density at radius 3 is 1.00 bits per heavy atom. The van der Waals surface area contributed by atoms with Crippen molar-refractivity contribution in [3.8, 4) is 0 Å². The Morgan fingerprint density at radius 1 is 1.00 bits per heavy atom. The molecule has 6 heavy (non-hydrogen) atoms. The van der Waals surface area contributed by atoms with Gasteiger partial charge in [-0.15, -0.1) is 0 Å². The van der Waals surface area contributed by atoms with Crippen LogP contribution in [0.3, 0.4) is 0 Å². The van der Waals surface area contributed by atoms with Gasteiger partial charge in [-0.25, -0.2) is 0 Å². The molecular formula is H2CrIrMoRuSnW. The van der Waals surface area contributed by atoms with Crippen molar-refractivity contribution in [2.45, 2.75) is 0 Å². The molecule has 0 rings (SSSR count). The normalized spacial score (nSPS) is 0. The van der Waals surface area contributed by atoms with Crippen LogP contribution in [-0.2, 0) is 99.1 Å². The van der Waals surface area contributed by atoms with Gasteiger partial charge < -0.3 is 0 Å². The summed E-state index contributed by atoms with van der Waals surface area (Å²) in [4.78, 5) is 0. The van der Waals surface area contributed by atoms with Gasteiger partial charge in [0.2, 0.25) is 0 Å². The summed E-state index contributed by atoms with van der Waals surface area (Å²) < 4.78 is 0. The van der Waals surface area contributed by atoms with Gasteiger partial charge in [0.1, 0.15) is 0 Å². The van der Waals surface area contributed by atoms with Crippen LogP contribution < -0.4 is 0 Å². The molecule has 0 aromatic rings. The smallest absolute Gasteiger partial charge is 0 e. The molecule has 0 aliphatic rings. The van der Waals surface area contributed by atoms with Gasteiger partial charge in [0, 0.05) is 99.1 Å². The minimum absolute atomic E-state index is 0. The van der Waals surface area contributed by atoms with E-state index in [4.69, 9.17) is 0 Å². The minimum Gasteiger partial charge on any atom is 0 e. The molecule has 0 atom stereocenters. The van der Waals surface area contributed by atoms with Gasteiger partial charge in [0.05, 0.1) is 0 Å². The SMILES string of the molecule is [Cr].[Ir].[Mo].[Ru].[SnH2].[W]. The summed E-state index contributed by atoms with van der Waals surface area (Å²) in [5.41, 5.74) is 0. The van der Waals surface area contributed by atoms with Crippen LogP contribution in [0.4, 0.5) is 0 Å². The summed E-state index contributed by atoms with van der Waals surface area (Å²) >= 11 is 0. The second kappa shape index (κ2) is 36.1. The van der Waals surface area contributed by atoms with Crippen molar-refractivity contribution in [3.05, 3.63) is 0 Å². The van der Waals surface area contributed by atoms with E-state index in [0.29, 0.717) is 0 Å². The zero-order valence-corrected chi connectivity index (χ0v) is 17.0. The topological polar surface area (TPSA) is 0 Å². The average molecular weight is 746 g/mol. The molecule has 3 radical (unpaired) electrons. The van der Waals surface area contributed by atoms with Gasteiger partial charge in [0.15, 0.2) is 0 Å². The summed E-state index contributed by atoms with van der Waals surface area (Å²) in [5.74, 6) is 0. The standard InChI is InChI=1S/Cr.Ir.Mo.Ru.Sn.W.2H. The molecule has 0 nitrogen and oxygen atoms in total. The molecule has 0 aliphatic carbocycles. The van der Waals surface area contributed by atoms with Gasteiger partial charge in [-0.2, -0.15) is 0 Å². The molecule has 0 spiro atoms. The van der Waals surface area contributed by atoms with E-state index in [9.17, 15) is 0 Å². The Labute approximate surface area is 120 Å². The van der Waals surface area contributed by atoms with Crippen LogP contribution in [0, 0.1) is 0 Å². The summed E-state index contributed by atoms with van der Waals surface area (Å²) in [7, 11) is 0. The Morgan fingerprint density at radius 2 is 1.00 bits per heavy atom. The van der Waals surface area contributed by atoms with Gasteiger partial charge in [-0.1, -0.05) is 0 Å². The summed E-state index contributed by atoms with van der Waals surface area (Å²) in [6.45, 7) is 0. The van der Waals surface area contributed by atoms with E-state index in [1.165, 1.54) is 0 Å². The summed E-state index contributed by atoms with van der Waals surface area (Å²) in [6.07, 6.45) is 0. The van der Waals surface area contributed by atoms with E-state index in [0.717, 1.165) is 0 Å². The molecule has 0 aromatic heterocycles. The number of hydrogen-bond donors (Lipinski definition) is 0. The second-order valence-corrected chi connectivity index (χ2v) is 0. The fourth-order valence-electron chi connectivity index (χ4n) is 0. The van der Waals surface area contributed by atoms with Gasteiger partial charge in [-0.3, -0.25) is 0 Å². The number of hydrogen-bond acceptors (Lipinski definition) is 0. The van der Waals surface area contributed by atoms with E-state index in [-0.39, 0.29) is 123 Å². The first kappa shape index (κ1) is 50.8. The Bertz CT molecular complexity index is 15.5. The maximum absolute atomic E-state index is 0. The summed E-state index contributed by atoms with van der Waals surface area (Å²) in [6, 6.07) is 0. The molecule has 0 aromatic carbocycles. The zero-order chi connectivity index (χ0) is 0. The maximum Gasteiger partial charge on any atom is 0 e. The van der Waals surface area contributed by atoms with Crippen molar-refractivity contribution in [3.63, 3.8) is 0 Å². The third-order valence-corrected chi connectivity index (χ3v) is 0. The van der Waals surface area contributed by atoms with Gasteiger partial charge in [0.25, 0.3) is 0 Å². The fourth-order valence-corrected chi connectivity index (χ4v) is 0. The minimum atomic E-state index is 0. The number of rotatable bonds is 0.